The molecule has 7 rings (SSSR count). The maximum Gasteiger partial charge on any atom is 0.166 e. The number of likely N-dealkylation sites (tertiary alicyclic amines) is 1. The van der Waals surface area contributed by atoms with E-state index in [4.69, 9.17) is 14.2 Å². The van der Waals surface area contributed by atoms with Gasteiger partial charge in [0.15, 0.2) is 11.5 Å². The van der Waals surface area contributed by atoms with Crippen LogP contribution in [0.3, 0.4) is 0 Å². The second kappa shape index (κ2) is 5.92. The molecule has 0 aromatic heterocycles. The SMILES string of the molecule is COc1ccc2c3c1O[C@H]1[C@@]4(OC)C=CC5(C[C@@H]4C(C)(O)C(C)(C)C)[C@@H](C2)N(C)CC[C@]315. The summed E-state index contributed by atoms with van der Waals surface area (Å²) in [6.07, 6.45) is 7.46. The van der Waals surface area contributed by atoms with Crippen molar-refractivity contribution in [2.75, 3.05) is 27.8 Å². The number of hydrogen-bond donors (Lipinski definition) is 1. The second-order valence-corrected chi connectivity index (χ2v) is 12.1. The van der Waals surface area contributed by atoms with Crippen molar-refractivity contribution in [3.05, 3.63) is 35.4 Å². The third-order valence-electron chi connectivity index (χ3n) is 10.5. The quantitative estimate of drug-likeness (QED) is 0.728. The van der Waals surface area contributed by atoms with Gasteiger partial charge in [0, 0.05) is 30.0 Å². The van der Waals surface area contributed by atoms with Crippen LogP contribution in [0.5, 0.6) is 11.5 Å². The Morgan fingerprint density at radius 3 is 2.56 bits per heavy atom. The number of fused-ring (bicyclic) bond motifs is 1. The largest absolute Gasteiger partial charge is 0.493 e. The highest BCUT2D eigenvalue weighted by Crippen LogP contribution is 2.75. The molecule has 5 heteroatoms. The van der Waals surface area contributed by atoms with Crippen LogP contribution < -0.4 is 9.47 Å². The first-order valence-electron chi connectivity index (χ1n) is 12.1. The average Bonchev–Trinajstić information content (AvgIpc) is 3.12. The summed E-state index contributed by atoms with van der Waals surface area (Å²) in [6.45, 7) is 9.45. The Kier molecular flexibility index (Phi) is 3.88. The van der Waals surface area contributed by atoms with E-state index in [0.29, 0.717) is 6.04 Å². The molecule has 4 bridgehead atoms. The van der Waals surface area contributed by atoms with Gasteiger partial charge in [0.2, 0.25) is 0 Å². The lowest BCUT2D eigenvalue weighted by atomic mass is 9.35. The minimum Gasteiger partial charge on any atom is -0.493 e. The van der Waals surface area contributed by atoms with Crippen LogP contribution in [0.4, 0.5) is 0 Å². The third kappa shape index (κ3) is 1.96. The first-order chi connectivity index (χ1) is 15.0. The van der Waals surface area contributed by atoms with E-state index in [0.717, 1.165) is 37.3 Å². The van der Waals surface area contributed by atoms with Crippen molar-refractivity contribution in [2.45, 2.75) is 75.7 Å². The van der Waals surface area contributed by atoms with E-state index in [9.17, 15) is 5.11 Å². The van der Waals surface area contributed by atoms with Gasteiger partial charge >= 0.3 is 0 Å². The van der Waals surface area contributed by atoms with Crippen molar-refractivity contribution >= 4 is 0 Å². The molecule has 1 aromatic rings. The summed E-state index contributed by atoms with van der Waals surface area (Å²) in [5.74, 6) is 1.63. The smallest absolute Gasteiger partial charge is 0.166 e. The predicted octanol–water partition coefficient (Wildman–Crippen LogP) is 3.71. The Labute approximate surface area is 191 Å². The maximum absolute atomic E-state index is 12.1. The lowest BCUT2D eigenvalue weighted by Crippen LogP contribution is -2.81. The van der Waals surface area contributed by atoms with Gasteiger partial charge in [0.1, 0.15) is 11.7 Å². The molecule has 0 amide bonds. The number of likely N-dealkylation sites (N-methyl/N-ethyl adjacent to an activating group) is 1. The molecule has 1 saturated heterocycles. The van der Waals surface area contributed by atoms with Crippen molar-refractivity contribution < 1.29 is 19.3 Å². The fourth-order valence-electron chi connectivity index (χ4n) is 8.37. The molecule has 0 radical (unpaired) electrons. The fourth-order valence-corrected chi connectivity index (χ4v) is 8.37. The van der Waals surface area contributed by atoms with Gasteiger partial charge in [0.25, 0.3) is 0 Å². The minimum absolute atomic E-state index is 0.0843. The molecule has 5 nitrogen and oxygen atoms in total. The van der Waals surface area contributed by atoms with Crippen LogP contribution in [0.15, 0.2) is 24.3 Å². The van der Waals surface area contributed by atoms with E-state index in [2.05, 4.69) is 57.0 Å². The monoisotopic (exact) mass is 439 g/mol. The first kappa shape index (κ1) is 21.0. The highest BCUT2D eigenvalue weighted by Gasteiger charge is 2.80. The number of piperidine rings is 1. The molecular weight excluding hydrogens is 402 g/mol. The van der Waals surface area contributed by atoms with Crippen LogP contribution in [-0.2, 0) is 16.6 Å². The van der Waals surface area contributed by atoms with Gasteiger partial charge in [-0.1, -0.05) is 39.0 Å². The lowest BCUT2D eigenvalue weighted by molar-refractivity contribution is -0.261. The van der Waals surface area contributed by atoms with Crippen LogP contribution >= 0.6 is 0 Å². The van der Waals surface area contributed by atoms with E-state index in [-0.39, 0.29) is 28.3 Å². The van der Waals surface area contributed by atoms with Crippen LogP contribution in [-0.4, -0.2) is 61.2 Å². The van der Waals surface area contributed by atoms with Crippen molar-refractivity contribution in [2.24, 2.45) is 16.7 Å². The van der Waals surface area contributed by atoms with Crippen LogP contribution in [0, 0.1) is 16.7 Å². The summed E-state index contributed by atoms with van der Waals surface area (Å²) in [7, 11) is 5.79. The number of methoxy groups -OCH3 is 2. The van der Waals surface area contributed by atoms with Crippen LogP contribution in [0.1, 0.15) is 51.7 Å². The molecule has 7 atom stereocenters. The summed E-state index contributed by atoms with van der Waals surface area (Å²) in [4.78, 5) is 2.55. The van der Waals surface area contributed by atoms with Gasteiger partial charge in [-0.3, -0.25) is 0 Å². The van der Waals surface area contributed by atoms with Gasteiger partial charge in [-0.05, 0) is 56.8 Å². The van der Waals surface area contributed by atoms with E-state index in [1.54, 1.807) is 14.2 Å². The molecule has 1 saturated carbocycles. The number of benzene rings is 1. The summed E-state index contributed by atoms with van der Waals surface area (Å²) >= 11 is 0. The average molecular weight is 440 g/mol. The van der Waals surface area contributed by atoms with E-state index < -0.39 is 11.2 Å². The van der Waals surface area contributed by atoms with Gasteiger partial charge < -0.3 is 24.2 Å². The molecule has 2 heterocycles. The maximum atomic E-state index is 12.1. The first-order valence-corrected chi connectivity index (χ1v) is 12.1. The predicted molar refractivity (Wildman–Crippen MR) is 123 cm³/mol. The zero-order valence-electron chi connectivity index (χ0n) is 20.5. The van der Waals surface area contributed by atoms with Gasteiger partial charge in [-0.15, -0.1) is 0 Å². The molecule has 1 N–H and O–H groups in total. The number of aliphatic hydroxyl groups is 1. The number of hydrogen-bond acceptors (Lipinski definition) is 5. The third-order valence-corrected chi connectivity index (χ3v) is 10.5. The molecule has 2 fully saturated rings. The molecule has 6 aliphatic rings. The zero-order valence-corrected chi connectivity index (χ0v) is 20.5. The molecule has 2 unspecified atom stereocenters. The second-order valence-electron chi connectivity index (χ2n) is 12.1. The molecule has 1 aromatic carbocycles. The highest BCUT2D eigenvalue weighted by molar-refractivity contribution is 5.65. The number of rotatable bonds is 3. The summed E-state index contributed by atoms with van der Waals surface area (Å²) in [5.41, 5.74) is 0.548. The Balaban J connectivity index is 1.67. The minimum atomic E-state index is -0.933. The van der Waals surface area contributed by atoms with E-state index in [1.807, 2.05) is 6.92 Å². The lowest BCUT2D eigenvalue weighted by Gasteiger charge is -2.72. The van der Waals surface area contributed by atoms with Crippen molar-refractivity contribution in [3.63, 3.8) is 0 Å². The van der Waals surface area contributed by atoms with E-state index >= 15 is 0 Å². The molecule has 32 heavy (non-hydrogen) atoms. The Bertz CT molecular complexity index is 1030. The summed E-state index contributed by atoms with van der Waals surface area (Å²) < 4.78 is 19.2. The van der Waals surface area contributed by atoms with Crippen molar-refractivity contribution in [1.82, 2.24) is 4.90 Å². The standard InChI is InChI=1S/C27H37NO4/c1-23(2,3)24(4,29)18-15-25-10-11-27(18,31-7)22-26(25)12-13-28(5)19(25)14-16-8-9-17(30-6)21(32-22)20(16)26/h8-11,18-19,22,29H,12-15H2,1-7H3/t18-,19-,22-,24?,25?,26+,27-/m1/s1. The summed E-state index contributed by atoms with van der Waals surface area (Å²) in [6, 6.07) is 4.69. The van der Waals surface area contributed by atoms with Crippen molar-refractivity contribution in [3.8, 4) is 11.5 Å². The molecule has 174 valence electrons. The zero-order chi connectivity index (χ0) is 22.9. The Hall–Kier alpha value is -1.56. The topological polar surface area (TPSA) is 51.2 Å². The van der Waals surface area contributed by atoms with Gasteiger partial charge in [-0.25, -0.2) is 0 Å². The highest BCUT2D eigenvalue weighted by atomic mass is 16.6. The van der Waals surface area contributed by atoms with E-state index in [1.165, 1.54) is 11.1 Å². The molecule has 2 aliphatic heterocycles. The normalized spacial score (nSPS) is 42.9. The number of nitrogens with zero attached hydrogens (tertiary/aromatic N) is 1. The molecular formula is C27H37NO4. The number of ether oxygens (including phenoxy) is 3. The van der Waals surface area contributed by atoms with Crippen molar-refractivity contribution in [1.29, 1.82) is 0 Å². The van der Waals surface area contributed by atoms with Crippen LogP contribution in [0.2, 0.25) is 0 Å². The molecule has 4 aliphatic carbocycles. The summed E-state index contributed by atoms with van der Waals surface area (Å²) in [5, 5.41) is 12.1. The van der Waals surface area contributed by atoms with Crippen LogP contribution in [0.25, 0.3) is 0 Å². The Morgan fingerprint density at radius 1 is 1.16 bits per heavy atom. The van der Waals surface area contributed by atoms with Gasteiger partial charge in [-0.2, -0.15) is 0 Å². The van der Waals surface area contributed by atoms with Gasteiger partial charge in [0.05, 0.1) is 18.1 Å². The fraction of sp³-hybridized carbons (Fsp3) is 0.704. The molecule has 2 spiro atoms. The Morgan fingerprint density at radius 2 is 1.91 bits per heavy atom.